The Morgan fingerprint density at radius 1 is 1.20 bits per heavy atom. The average molecular weight is 555 g/mol. The van der Waals surface area contributed by atoms with Crippen LogP contribution in [-0.4, -0.2) is 85.1 Å². The van der Waals surface area contributed by atoms with Crippen molar-refractivity contribution in [2.75, 3.05) is 65.8 Å². The lowest BCUT2D eigenvalue weighted by Crippen LogP contribution is -2.47. The number of rotatable bonds is 10. The van der Waals surface area contributed by atoms with Crippen molar-refractivity contribution in [3.8, 4) is 5.75 Å². The average Bonchev–Trinajstić information content (AvgIpc) is 2.76. The fraction of sp³-hybridized carbons (Fsp3) is 0.632. The second-order valence-electron chi connectivity index (χ2n) is 6.61. The Morgan fingerprint density at radius 2 is 1.87 bits per heavy atom. The summed E-state index contributed by atoms with van der Waals surface area (Å²) in [6.45, 7) is 6.20. The number of halogens is 1. The van der Waals surface area contributed by atoms with E-state index in [9.17, 15) is 8.42 Å². The first-order chi connectivity index (χ1) is 14.0. The highest BCUT2D eigenvalue weighted by Crippen LogP contribution is 2.23. The number of ether oxygens (including phenoxy) is 2. The summed E-state index contributed by atoms with van der Waals surface area (Å²) in [5, 5.41) is 6.50. The number of nitrogens with one attached hydrogen (secondary N) is 3. The monoisotopic (exact) mass is 555 g/mol. The molecule has 172 valence electrons. The lowest BCUT2D eigenvalue weighted by Gasteiger charge is -2.35. The van der Waals surface area contributed by atoms with E-state index >= 15 is 0 Å². The molecule has 3 N–H and O–H groups in total. The van der Waals surface area contributed by atoms with Gasteiger partial charge in [-0.3, -0.25) is 9.89 Å². The molecule has 0 saturated carbocycles. The molecule has 0 amide bonds. The van der Waals surface area contributed by atoms with E-state index in [-0.39, 0.29) is 35.8 Å². The minimum absolute atomic E-state index is 0. The van der Waals surface area contributed by atoms with Crippen LogP contribution in [0, 0.1) is 0 Å². The normalized spacial score (nSPS) is 16.4. The quantitative estimate of drug-likeness (QED) is 0.170. The van der Waals surface area contributed by atoms with Crippen molar-refractivity contribution in [2.45, 2.75) is 13.0 Å². The molecule has 0 aromatic heterocycles. The summed E-state index contributed by atoms with van der Waals surface area (Å²) in [5.74, 6) is 1.53. The molecule has 1 saturated heterocycles. The largest absolute Gasteiger partial charge is 0.497 e. The van der Waals surface area contributed by atoms with Gasteiger partial charge in [-0.05, 0) is 24.6 Å². The zero-order chi connectivity index (χ0) is 21.1. The van der Waals surface area contributed by atoms with Gasteiger partial charge in [0, 0.05) is 39.8 Å². The van der Waals surface area contributed by atoms with Crippen LogP contribution in [0.4, 0.5) is 0 Å². The van der Waals surface area contributed by atoms with Gasteiger partial charge in [0.25, 0.3) is 0 Å². The maximum absolute atomic E-state index is 11.5. The first kappa shape index (κ1) is 26.9. The Balaban J connectivity index is 0.00000450. The highest BCUT2D eigenvalue weighted by molar-refractivity contribution is 14.0. The Hall–Kier alpha value is -1.15. The number of hydrogen-bond acceptors (Lipinski definition) is 6. The van der Waals surface area contributed by atoms with Gasteiger partial charge in [-0.2, -0.15) is 0 Å². The molecule has 2 rings (SSSR count). The Morgan fingerprint density at radius 3 is 2.43 bits per heavy atom. The van der Waals surface area contributed by atoms with Crippen molar-refractivity contribution in [3.05, 3.63) is 29.8 Å². The minimum Gasteiger partial charge on any atom is -0.497 e. The van der Waals surface area contributed by atoms with Crippen molar-refractivity contribution in [1.82, 2.24) is 20.3 Å². The first-order valence-electron chi connectivity index (χ1n) is 9.86. The molecule has 0 radical (unpaired) electrons. The van der Waals surface area contributed by atoms with E-state index < -0.39 is 10.0 Å². The van der Waals surface area contributed by atoms with Gasteiger partial charge < -0.3 is 20.1 Å². The number of morpholine rings is 1. The lowest BCUT2D eigenvalue weighted by atomic mass is 10.0. The van der Waals surface area contributed by atoms with Gasteiger partial charge in [-0.25, -0.2) is 13.1 Å². The molecule has 1 fully saturated rings. The van der Waals surface area contributed by atoms with Crippen LogP contribution in [0.3, 0.4) is 0 Å². The van der Waals surface area contributed by atoms with Crippen molar-refractivity contribution < 1.29 is 17.9 Å². The van der Waals surface area contributed by atoms with E-state index in [1.54, 1.807) is 21.1 Å². The fourth-order valence-electron chi connectivity index (χ4n) is 3.08. The molecular formula is C19H34IN5O4S. The lowest BCUT2D eigenvalue weighted by molar-refractivity contribution is 0.0170. The smallest absolute Gasteiger partial charge is 0.211 e. The van der Waals surface area contributed by atoms with Gasteiger partial charge in [0.05, 0.1) is 32.1 Å². The van der Waals surface area contributed by atoms with Crippen LogP contribution in [0.15, 0.2) is 29.3 Å². The third kappa shape index (κ3) is 8.92. The summed E-state index contributed by atoms with van der Waals surface area (Å²) in [6, 6.07) is 8.25. The second kappa shape index (κ2) is 14.0. The molecule has 0 bridgehead atoms. The number of hydrogen-bond donors (Lipinski definition) is 3. The van der Waals surface area contributed by atoms with Crippen LogP contribution >= 0.6 is 24.0 Å². The summed E-state index contributed by atoms with van der Waals surface area (Å²) in [4.78, 5) is 6.62. The van der Waals surface area contributed by atoms with Crippen molar-refractivity contribution in [1.29, 1.82) is 0 Å². The zero-order valence-corrected chi connectivity index (χ0v) is 21.0. The van der Waals surface area contributed by atoms with Crippen molar-refractivity contribution in [3.63, 3.8) is 0 Å². The molecule has 0 spiro atoms. The fourth-order valence-corrected chi connectivity index (χ4v) is 3.69. The van der Waals surface area contributed by atoms with E-state index in [4.69, 9.17) is 9.47 Å². The third-order valence-electron chi connectivity index (χ3n) is 4.79. The molecule has 0 aliphatic carbocycles. The van der Waals surface area contributed by atoms with Gasteiger partial charge >= 0.3 is 0 Å². The number of aliphatic imine (C=N–C) groups is 1. The molecule has 1 aliphatic rings. The van der Waals surface area contributed by atoms with E-state index in [1.165, 1.54) is 5.56 Å². The van der Waals surface area contributed by atoms with Gasteiger partial charge in [0.15, 0.2) is 5.96 Å². The Bertz CT molecular complexity index is 740. The number of nitrogens with zero attached hydrogens (tertiary/aromatic N) is 2. The molecular weight excluding hydrogens is 521 g/mol. The maximum atomic E-state index is 11.5. The number of guanidine groups is 1. The van der Waals surface area contributed by atoms with Crippen LogP contribution in [0.2, 0.25) is 0 Å². The highest BCUT2D eigenvalue weighted by atomic mass is 127. The summed E-state index contributed by atoms with van der Waals surface area (Å²) >= 11 is 0. The predicted molar refractivity (Wildman–Crippen MR) is 130 cm³/mol. The minimum atomic E-state index is -3.19. The maximum Gasteiger partial charge on any atom is 0.211 e. The van der Waals surface area contributed by atoms with Gasteiger partial charge in [0.1, 0.15) is 5.75 Å². The van der Waals surface area contributed by atoms with Gasteiger partial charge in [-0.15, -0.1) is 24.0 Å². The first-order valence-corrected chi connectivity index (χ1v) is 11.5. The topological polar surface area (TPSA) is 104 Å². The number of methoxy groups -OCH3 is 1. The molecule has 9 nitrogen and oxygen atoms in total. The van der Waals surface area contributed by atoms with Crippen LogP contribution in [-0.2, 0) is 14.8 Å². The summed E-state index contributed by atoms with van der Waals surface area (Å²) in [6.07, 6.45) is 0. The summed E-state index contributed by atoms with van der Waals surface area (Å²) < 4.78 is 36.3. The van der Waals surface area contributed by atoms with Crippen LogP contribution in [0.1, 0.15) is 18.5 Å². The number of benzene rings is 1. The van der Waals surface area contributed by atoms with Crippen LogP contribution in [0.5, 0.6) is 5.75 Å². The van der Waals surface area contributed by atoms with Gasteiger partial charge in [-0.1, -0.05) is 12.1 Å². The van der Waals surface area contributed by atoms with Crippen LogP contribution < -0.4 is 20.1 Å². The molecule has 1 atom stereocenters. The molecule has 30 heavy (non-hydrogen) atoms. The van der Waals surface area contributed by atoms with E-state index in [0.29, 0.717) is 25.6 Å². The molecule has 1 aliphatic heterocycles. The van der Waals surface area contributed by atoms with Crippen molar-refractivity contribution >= 4 is 40.0 Å². The molecule has 1 heterocycles. The second-order valence-corrected chi connectivity index (χ2v) is 8.71. The number of sulfonamides is 1. The van der Waals surface area contributed by atoms with Gasteiger partial charge in [0.2, 0.25) is 10.0 Å². The van der Waals surface area contributed by atoms with Crippen LogP contribution in [0.25, 0.3) is 0 Å². The van der Waals surface area contributed by atoms with E-state index in [1.807, 2.05) is 12.1 Å². The Labute approximate surface area is 197 Å². The molecule has 11 heteroatoms. The highest BCUT2D eigenvalue weighted by Gasteiger charge is 2.23. The SMILES string of the molecule is CCS(=O)(=O)NCCNC(=NC)NCC(c1ccc(OC)cc1)N1CCOCC1.I. The van der Waals surface area contributed by atoms with E-state index in [2.05, 4.69) is 37.4 Å². The van der Waals surface area contributed by atoms with E-state index in [0.717, 1.165) is 32.1 Å². The summed E-state index contributed by atoms with van der Waals surface area (Å²) in [7, 11) is 0.171. The predicted octanol–water partition coefficient (Wildman–Crippen LogP) is 0.791. The standard InChI is InChI=1S/C19H33N5O4S.HI/c1-4-29(25,26)23-10-9-21-19(20-2)22-15-18(24-11-13-28-14-12-24)16-5-7-17(27-3)8-6-16;/h5-8,18,23H,4,9-15H2,1-3H3,(H2,20,21,22);1H. The molecule has 1 aromatic rings. The van der Waals surface area contributed by atoms with Crippen molar-refractivity contribution in [2.24, 2.45) is 4.99 Å². The molecule has 1 aromatic carbocycles. The zero-order valence-electron chi connectivity index (χ0n) is 17.9. The Kier molecular flexibility index (Phi) is 12.6. The summed E-state index contributed by atoms with van der Waals surface area (Å²) in [5.41, 5.74) is 1.19. The molecule has 1 unspecified atom stereocenters. The third-order valence-corrected chi connectivity index (χ3v) is 6.20.